The maximum atomic E-state index is 12.5. The molecule has 0 atom stereocenters. The lowest BCUT2D eigenvalue weighted by Crippen LogP contribution is -2.55. The maximum absolute atomic E-state index is 12.5. The zero-order valence-corrected chi connectivity index (χ0v) is 9.00. The van der Waals surface area contributed by atoms with E-state index in [0.717, 1.165) is 30.2 Å². The minimum atomic E-state index is -4.29. The first-order valence-corrected chi connectivity index (χ1v) is 5.77. The number of halogens is 3. The van der Waals surface area contributed by atoms with Crippen LogP contribution in [-0.4, -0.2) is 4.98 Å². The molecule has 0 aliphatic heterocycles. The largest absolute Gasteiger partial charge is 0.434 e. The Balaban J connectivity index is 1.98. The third kappa shape index (κ3) is 1.19. The molecule has 1 aromatic rings. The lowest BCUT2D eigenvalue weighted by Gasteiger charge is -2.60. The van der Waals surface area contributed by atoms with Gasteiger partial charge in [-0.3, -0.25) is 0 Å². The number of aryl methyl sites for hydroxylation is 1. The summed E-state index contributed by atoms with van der Waals surface area (Å²) in [4.78, 5) is 4.11. The molecule has 0 saturated heterocycles. The van der Waals surface area contributed by atoms with Crippen LogP contribution in [0.2, 0.25) is 0 Å². The molecule has 0 unspecified atom stereocenters. The van der Waals surface area contributed by atoms with Crippen LogP contribution in [0.4, 0.5) is 13.2 Å². The van der Waals surface area contributed by atoms with Gasteiger partial charge in [0.25, 0.3) is 0 Å². The summed E-state index contributed by atoms with van der Waals surface area (Å²) in [6.45, 7) is 1.51. The van der Waals surface area contributed by atoms with Gasteiger partial charge in [-0.2, -0.15) is 13.2 Å². The number of alkyl halides is 3. The van der Waals surface area contributed by atoms with Crippen molar-refractivity contribution >= 4 is 11.3 Å². The lowest BCUT2D eigenvalue weighted by molar-refractivity contribution is -0.141. The van der Waals surface area contributed by atoms with Crippen LogP contribution >= 0.6 is 11.3 Å². The van der Waals surface area contributed by atoms with Crippen LogP contribution in [-0.2, 0) is 11.6 Å². The van der Waals surface area contributed by atoms with E-state index in [0.29, 0.717) is 4.88 Å². The van der Waals surface area contributed by atoms with E-state index >= 15 is 0 Å². The quantitative estimate of drug-likeness (QED) is 0.723. The van der Waals surface area contributed by atoms with Crippen LogP contribution < -0.4 is 0 Å². The number of aromatic nitrogens is 1. The molecule has 0 radical (unpaired) electrons. The molecular weight excluding hydrogens is 223 g/mol. The van der Waals surface area contributed by atoms with Crippen molar-refractivity contribution in [3.8, 4) is 0 Å². The van der Waals surface area contributed by atoms with Crippen LogP contribution in [0.15, 0.2) is 0 Å². The summed E-state index contributed by atoms with van der Waals surface area (Å²) >= 11 is 1.23. The van der Waals surface area contributed by atoms with E-state index in [4.69, 9.17) is 0 Å². The van der Waals surface area contributed by atoms with E-state index in [9.17, 15) is 13.2 Å². The average molecular weight is 233 g/mol. The highest BCUT2D eigenvalue weighted by Gasteiger charge is 2.59. The van der Waals surface area contributed by atoms with Gasteiger partial charge in [0, 0.05) is 10.3 Å². The van der Waals surface area contributed by atoms with E-state index in [1.807, 2.05) is 0 Å². The fraction of sp³-hybridized carbons (Fsp3) is 0.700. The minimum absolute atomic E-state index is 0.0452. The van der Waals surface area contributed by atoms with Crippen LogP contribution in [0.1, 0.15) is 34.8 Å². The zero-order valence-electron chi connectivity index (χ0n) is 8.19. The van der Waals surface area contributed by atoms with E-state index in [1.165, 1.54) is 18.3 Å². The second kappa shape index (κ2) is 2.56. The maximum Gasteiger partial charge on any atom is 0.434 e. The van der Waals surface area contributed by atoms with Crippen molar-refractivity contribution in [2.75, 3.05) is 0 Å². The van der Waals surface area contributed by atoms with Crippen molar-refractivity contribution in [1.82, 2.24) is 4.98 Å². The predicted octanol–water partition coefficient (Wildman–Crippen LogP) is 3.52. The molecule has 3 aliphatic rings. The number of thiazole rings is 1. The van der Waals surface area contributed by atoms with Gasteiger partial charge in [0.05, 0.1) is 5.01 Å². The van der Waals surface area contributed by atoms with Gasteiger partial charge >= 0.3 is 6.18 Å². The molecule has 0 N–H and O–H groups in total. The predicted molar refractivity (Wildman–Crippen MR) is 50.9 cm³/mol. The van der Waals surface area contributed by atoms with Crippen molar-refractivity contribution in [2.45, 2.75) is 37.8 Å². The number of hydrogen-bond acceptors (Lipinski definition) is 2. The van der Waals surface area contributed by atoms with Gasteiger partial charge in [-0.25, -0.2) is 4.98 Å². The highest BCUT2D eigenvalue weighted by atomic mass is 32.1. The van der Waals surface area contributed by atoms with Gasteiger partial charge in [-0.1, -0.05) is 0 Å². The fourth-order valence-corrected chi connectivity index (χ4v) is 3.78. The van der Waals surface area contributed by atoms with Gasteiger partial charge in [0.15, 0.2) is 5.69 Å². The molecule has 3 saturated carbocycles. The van der Waals surface area contributed by atoms with E-state index < -0.39 is 11.9 Å². The summed E-state index contributed by atoms with van der Waals surface area (Å²) in [7, 11) is 0. The molecule has 15 heavy (non-hydrogen) atoms. The summed E-state index contributed by atoms with van der Waals surface area (Å²) in [5.41, 5.74) is -0.629. The van der Waals surface area contributed by atoms with Crippen molar-refractivity contribution in [1.29, 1.82) is 0 Å². The third-order valence-corrected chi connectivity index (χ3v) is 4.77. The van der Waals surface area contributed by atoms with E-state index in [2.05, 4.69) is 4.98 Å². The smallest absolute Gasteiger partial charge is 0.236 e. The van der Waals surface area contributed by atoms with Crippen LogP contribution in [0, 0.1) is 12.8 Å². The molecule has 82 valence electrons. The summed E-state index contributed by atoms with van der Waals surface area (Å²) in [6, 6.07) is 0. The Labute approximate surface area is 89.3 Å². The lowest BCUT2D eigenvalue weighted by atomic mass is 9.45. The number of hydrogen-bond donors (Lipinski definition) is 0. The third-order valence-electron chi connectivity index (χ3n) is 3.56. The summed E-state index contributed by atoms with van der Waals surface area (Å²) < 4.78 is 37.6. The van der Waals surface area contributed by atoms with Crippen molar-refractivity contribution in [3.63, 3.8) is 0 Å². The second-order valence-corrected chi connectivity index (χ2v) is 5.88. The first kappa shape index (κ1) is 9.63. The van der Waals surface area contributed by atoms with Crippen molar-refractivity contribution < 1.29 is 13.2 Å². The molecule has 0 aromatic carbocycles. The molecule has 3 fully saturated rings. The SMILES string of the molecule is Cc1sc(C23CC(C2)C3)nc1C(F)(F)F. The summed E-state index contributed by atoms with van der Waals surface area (Å²) in [5.74, 6) is 0.767. The minimum Gasteiger partial charge on any atom is -0.236 e. The number of nitrogens with zero attached hydrogens (tertiary/aromatic N) is 1. The van der Waals surface area contributed by atoms with Crippen LogP contribution in [0.3, 0.4) is 0 Å². The summed E-state index contributed by atoms with van der Waals surface area (Å²) in [5, 5.41) is 0.717. The van der Waals surface area contributed by atoms with Gasteiger partial charge in [0.2, 0.25) is 0 Å². The number of rotatable bonds is 1. The fourth-order valence-electron chi connectivity index (χ4n) is 2.63. The van der Waals surface area contributed by atoms with Gasteiger partial charge < -0.3 is 0 Å². The molecule has 0 spiro atoms. The van der Waals surface area contributed by atoms with Gasteiger partial charge in [-0.15, -0.1) is 11.3 Å². The highest BCUT2D eigenvalue weighted by molar-refractivity contribution is 7.11. The standard InChI is InChI=1S/C10H10F3NS/c1-5-7(10(11,12)13)14-8(15-5)9-2-6(3-9)4-9/h6H,2-4H2,1H3. The molecule has 1 aromatic heterocycles. The van der Waals surface area contributed by atoms with Gasteiger partial charge in [-0.05, 0) is 32.1 Å². The Hall–Kier alpha value is -0.580. The molecule has 1 nitrogen and oxygen atoms in total. The first-order chi connectivity index (χ1) is 6.91. The van der Waals surface area contributed by atoms with Crippen LogP contribution in [0.5, 0.6) is 0 Å². The van der Waals surface area contributed by atoms with Gasteiger partial charge in [0.1, 0.15) is 0 Å². The molecular formula is C10H10F3NS. The molecule has 3 aliphatic carbocycles. The Kier molecular flexibility index (Phi) is 1.65. The first-order valence-electron chi connectivity index (χ1n) is 4.96. The Morgan fingerprint density at radius 1 is 1.33 bits per heavy atom. The topological polar surface area (TPSA) is 12.9 Å². The van der Waals surface area contributed by atoms with Crippen molar-refractivity contribution in [3.05, 3.63) is 15.6 Å². The monoisotopic (exact) mass is 233 g/mol. The van der Waals surface area contributed by atoms with Crippen LogP contribution in [0.25, 0.3) is 0 Å². The Bertz CT molecular complexity index is 404. The highest BCUT2D eigenvalue weighted by Crippen LogP contribution is 2.65. The summed E-state index contributed by atoms with van der Waals surface area (Å²) in [6.07, 6.45) is -1.13. The molecule has 5 heteroatoms. The van der Waals surface area contributed by atoms with E-state index in [1.54, 1.807) is 0 Å². The van der Waals surface area contributed by atoms with E-state index in [-0.39, 0.29) is 5.41 Å². The molecule has 1 heterocycles. The molecule has 0 amide bonds. The molecule has 4 rings (SSSR count). The normalized spacial score (nSPS) is 33.5. The second-order valence-electron chi connectivity index (χ2n) is 4.68. The average Bonchev–Trinajstić information content (AvgIpc) is 2.22. The zero-order chi connectivity index (χ0) is 10.8. The Morgan fingerprint density at radius 3 is 2.27 bits per heavy atom. The Morgan fingerprint density at radius 2 is 1.93 bits per heavy atom. The van der Waals surface area contributed by atoms with Crippen molar-refractivity contribution in [2.24, 2.45) is 5.92 Å². The molecule has 2 bridgehead atoms.